The van der Waals surface area contributed by atoms with E-state index in [1.807, 2.05) is 18.3 Å². The molecule has 0 saturated heterocycles. The topological polar surface area (TPSA) is 46.5 Å². The van der Waals surface area contributed by atoms with E-state index >= 15 is 0 Å². The van der Waals surface area contributed by atoms with Crippen LogP contribution in [0.2, 0.25) is 0 Å². The van der Waals surface area contributed by atoms with Crippen LogP contribution in [-0.2, 0) is 0 Å². The van der Waals surface area contributed by atoms with Crippen LogP contribution in [-0.4, -0.2) is 14.1 Å². The van der Waals surface area contributed by atoms with Gasteiger partial charge in [0.2, 0.25) is 0 Å². The zero-order chi connectivity index (χ0) is 42.6. The lowest BCUT2D eigenvalue weighted by Crippen LogP contribution is -2.06. The highest BCUT2D eigenvalue weighted by Gasteiger charge is 2.24. The smallest absolute Gasteiger partial charge is 0.0999 e. The molecule has 9 aromatic carbocycles. The monoisotopic (exact) mass is 814 g/mol. The van der Waals surface area contributed by atoms with Crippen molar-refractivity contribution < 1.29 is 0 Å². The van der Waals surface area contributed by atoms with Crippen LogP contribution >= 0.6 is 0 Å². The van der Waals surface area contributed by atoms with Crippen molar-refractivity contribution in [1.29, 1.82) is 5.26 Å². The Bertz CT molecular complexity index is 3560. The summed E-state index contributed by atoms with van der Waals surface area (Å²) < 4.78 is 4.83. The molecule has 4 heteroatoms. The lowest BCUT2D eigenvalue weighted by atomic mass is 9.99. The van der Waals surface area contributed by atoms with Gasteiger partial charge in [0.1, 0.15) is 0 Å². The number of fused-ring (bicyclic) bond motifs is 6. The van der Waals surface area contributed by atoms with E-state index in [1.165, 1.54) is 0 Å². The molecule has 0 spiro atoms. The first kappa shape index (κ1) is 37.0. The Morgan fingerprint density at radius 1 is 0.328 bits per heavy atom. The number of benzene rings is 9. The fourth-order valence-electron chi connectivity index (χ4n) is 9.59. The van der Waals surface area contributed by atoms with Crippen LogP contribution in [0.1, 0.15) is 5.56 Å². The Balaban J connectivity index is 1.26. The molecule has 0 fully saturated rings. The number of nitrogens with zero attached hydrogens (tertiary/aromatic N) is 4. The van der Waals surface area contributed by atoms with Gasteiger partial charge in [-0.15, -0.1) is 0 Å². The summed E-state index contributed by atoms with van der Waals surface area (Å²) in [6, 6.07) is 80.4. The fraction of sp³-hybridized carbons (Fsp3) is 0. The molecule has 0 saturated carbocycles. The molecule has 0 aliphatic heterocycles. The zero-order valence-electron chi connectivity index (χ0n) is 34.7. The number of aromatic nitrogens is 3. The summed E-state index contributed by atoms with van der Waals surface area (Å²) in [7, 11) is 0. The zero-order valence-corrected chi connectivity index (χ0v) is 34.7. The fourth-order valence-corrected chi connectivity index (χ4v) is 9.59. The minimum absolute atomic E-state index is 0.566. The Morgan fingerprint density at radius 2 is 0.672 bits per heavy atom. The van der Waals surface area contributed by atoms with E-state index in [2.05, 4.69) is 226 Å². The van der Waals surface area contributed by atoms with Crippen LogP contribution in [0.4, 0.5) is 0 Å². The number of hydrogen-bond acceptors (Lipinski definition) is 2. The second-order valence-electron chi connectivity index (χ2n) is 16.3. The van der Waals surface area contributed by atoms with Gasteiger partial charge in [-0.2, -0.15) is 5.26 Å². The molecule has 0 aliphatic rings. The first-order valence-electron chi connectivity index (χ1n) is 21.6. The van der Waals surface area contributed by atoms with Gasteiger partial charge in [0.15, 0.2) is 0 Å². The van der Waals surface area contributed by atoms with Gasteiger partial charge in [0, 0.05) is 45.1 Å². The maximum atomic E-state index is 11.1. The van der Waals surface area contributed by atoms with Gasteiger partial charge in [0.25, 0.3) is 0 Å². The largest absolute Gasteiger partial charge is 0.307 e. The number of pyridine rings is 1. The second-order valence-corrected chi connectivity index (χ2v) is 16.3. The molecule has 0 N–H and O–H groups in total. The van der Waals surface area contributed by atoms with Crippen LogP contribution in [0.25, 0.3) is 111 Å². The van der Waals surface area contributed by atoms with Crippen molar-refractivity contribution in [1.82, 2.24) is 14.1 Å². The third-order valence-electron chi connectivity index (χ3n) is 12.7. The highest BCUT2D eigenvalue weighted by molar-refractivity contribution is 6.14. The van der Waals surface area contributed by atoms with E-state index in [4.69, 9.17) is 0 Å². The molecule has 64 heavy (non-hydrogen) atoms. The molecule has 3 aromatic heterocycles. The van der Waals surface area contributed by atoms with Crippen molar-refractivity contribution in [3.63, 3.8) is 0 Å². The van der Waals surface area contributed by atoms with E-state index in [9.17, 15) is 5.26 Å². The molecule has 3 heterocycles. The third kappa shape index (κ3) is 6.18. The average Bonchev–Trinajstić information content (AvgIpc) is 3.88. The minimum atomic E-state index is 0.566. The SMILES string of the molecule is N#Cc1cc(-n2c3cc(-c4ccccc4)ccc3c3ccc(-c4ccccc4)cc32)c(-n2c3cc(-c4ccccc4)ccc3c3ccc(-c4ccccc4)cc32)cc1-c1cccnc1. The van der Waals surface area contributed by atoms with Gasteiger partial charge >= 0.3 is 0 Å². The molecule has 12 rings (SSSR count). The predicted octanol–water partition coefficient (Wildman–Crippen LogP) is 15.5. The summed E-state index contributed by atoms with van der Waals surface area (Å²) in [6.07, 6.45) is 3.63. The van der Waals surface area contributed by atoms with Crippen LogP contribution in [0.3, 0.4) is 0 Å². The van der Waals surface area contributed by atoms with Gasteiger partial charge in [-0.3, -0.25) is 4.98 Å². The van der Waals surface area contributed by atoms with Gasteiger partial charge < -0.3 is 9.13 Å². The first-order valence-corrected chi connectivity index (χ1v) is 21.6. The molecular formula is C60H38N4. The van der Waals surface area contributed by atoms with E-state index in [0.29, 0.717) is 5.56 Å². The van der Waals surface area contributed by atoms with Crippen molar-refractivity contribution in [2.24, 2.45) is 0 Å². The summed E-state index contributed by atoms with van der Waals surface area (Å²) in [6.45, 7) is 0. The predicted molar refractivity (Wildman–Crippen MR) is 265 cm³/mol. The third-order valence-corrected chi connectivity index (χ3v) is 12.7. The molecule has 4 nitrogen and oxygen atoms in total. The van der Waals surface area contributed by atoms with E-state index in [-0.39, 0.29) is 0 Å². The number of rotatable bonds is 7. The quantitative estimate of drug-likeness (QED) is 0.161. The lowest BCUT2D eigenvalue weighted by molar-refractivity contribution is 1.09. The highest BCUT2D eigenvalue weighted by Crippen LogP contribution is 2.44. The van der Waals surface area contributed by atoms with Crippen molar-refractivity contribution in [2.75, 3.05) is 0 Å². The van der Waals surface area contributed by atoms with Gasteiger partial charge in [-0.1, -0.05) is 176 Å². The summed E-state index contributed by atoms with van der Waals surface area (Å²) in [5.74, 6) is 0. The molecule has 0 atom stereocenters. The normalized spacial score (nSPS) is 11.4. The minimum Gasteiger partial charge on any atom is -0.307 e. The Labute approximate surface area is 370 Å². The first-order chi connectivity index (χ1) is 31.7. The Morgan fingerprint density at radius 3 is 1.00 bits per heavy atom. The molecular weight excluding hydrogens is 777 g/mol. The summed E-state index contributed by atoms with van der Waals surface area (Å²) in [4.78, 5) is 4.53. The van der Waals surface area contributed by atoms with Crippen LogP contribution in [0, 0.1) is 11.3 Å². The van der Waals surface area contributed by atoms with E-state index in [0.717, 1.165) is 111 Å². The molecule has 298 valence electrons. The summed E-state index contributed by atoms with van der Waals surface area (Å²) in [5, 5.41) is 15.7. The van der Waals surface area contributed by atoms with Crippen molar-refractivity contribution >= 4 is 43.6 Å². The summed E-state index contributed by atoms with van der Waals surface area (Å²) in [5.41, 5.74) is 17.4. The second kappa shape index (κ2) is 15.3. The molecule has 0 aliphatic carbocycles. The maximum Gasteiger partial charge on any atom is 0.0999 e. The van der Waals surface area contributed by atoms with Crippen LogP contribution in [0.15, 0.2) is 231 Å². The van der Waals surface area contributed by atoms with Crippen molar-refractivity contribution in [3.05, 3.63) is 236 Å². The van der Waals surface area contributed by atoms with Crippen molar-refractivity contribution in [2.45, 2.75) is 0 Å². The highest BCUT2D eigenvalue weighted by atomic mass is 15.1. The molecule has 0 bridgehead atoms. The molecule has 12 aromatic rings. The van der Waals surface area contributed by atoms with Gasteiger partial charge in [-0.25, -0.2) is 0 Å². The van der Waals surface area contributed by atoms with E-state index in [1.54, 1.807) is 6.20 Å². The van der Waals surface area contributed by atoms with Gasteiger partial charge in [0.05, 0.1) is 45.1 Å². The molecule has 0 radical (unpaired) electrons. The standard InChI is InChI=1S/C60H38N4/c61-38-49-36-59(63-55-32-44(40-14-5-1-6-15-40)23-27-50(55)51-28-24-45(33-56(51)63)41-16-7-2-8-17-41)60(37-54(49)48-22-13-31-62-39-48)64-57-34-46(42-18-9-3-10-19-42)25-29-52(57)53-30-26-47(35-58(53)64)43-20-11-4-12-21-43/h1-37,39H. The Hall–Kier alpha value is -8.78. The number of nitriles is 1. The lowest BCUT2D eigenvalue weighted by Gasteiger charge is -2.20. The van der Waals surface area contributed by atoms with Crippen LogP contribution < -0.4 is 0 Å². The van der Waals surface area contributed by atoms with Gasteiger partial charge in [-0.05, 0) is 87.0 Å². The molecule has 0 amide bonds. The maximum absolute atomic E-state index is 11.1. The average molecular weight is 815 g/mol. The van der Waals surface area contributed by atoms with E-state index < -0.39 is 0 Å². The number of hydrogen-bond donors (Lipinski definition) is 0. The molecule has 0 unspecified atom stereocenters. The Kier molecular flexibility index (Phi) is 8.84. The van der Waals surface area contributed by atoms with Crippen LogP contribution in [0.5, 0.6) is 0 Å². The van der Waals surface area contributed by atoms with Crippen molar-refractivity contribution in [3.8, 4) is 73.1 Å². The summed E-state index contributed by atoms with van der Waals surface area (Å²) >= 11 is 0.